The molecule has 1 aromatic heterocycles. The van der Waals surface area contributed by atoms with E-state index in [0.717, 1.165) is 5.39 Å². The Hall–Kier alpha value is -1.66. The quantitative estimate of drug-likeness (QED) is 0.573. The maximum atomic E-state index is 12.2. The van der Waals surface area contributed by atoms with Gasteiger partial charge in [0.25, 0.3) is 0 Å². The maximum Gasteiger partial charge on any atom is 2.00 e. The van der Waals surface area contributed by atoms with Crippen LogP contribution < -0.4 is 5.56 Å². The molecule has 3 aromatic rings. The van der Waals surface area contributed by atoms with E-state index in [1.165, 1.54) is 4.57 Å². The van der Waals surface area contributed by atoms with Crippen molar-refractivity contribution >= 4 is 10.8 Å². The van der Waals surface area contributed by atoms with E-state index in [1.54, 1.807) is 6.07 Å². The molecule has 3 heteroatoms. The molecule has 18 heavy (non-hydrogen) atoms. The molecule has 0 unspecified atom stereocenters. The number of nitrogens with zero attached hydrogens (tertiary/aromatic N) is 1. The summed E-state index contributed by atoms with van der Waals surface area (Å²) in [5.74, 6) is 0. The van der Waals surface area contributed by atoms with Crippen LogP contribution in [0.5, 0.6) is 0 Å². The van der Waals surface area contributed by atoms with Crippen molar-refractivity contribution in [2.24, 2.45) is 0 Å². The Morgan fingerprint density at radius 2 is 1.78 bits per heavy atom. The summed E-state index contributed by atoms with van der Waals surface area (Å²) in [5.41, 5.74) is 0.647. The van der Waals surface area contributed by atoms with E-state index in [-0.39, 0.29) is 26.6 Å². The topological polar surface area (TPSA) is 22.0 Å². The number of fused-ring (bicyclic) bond motifs is 1. The second-order valence-corrected chi connectivity index (χ2v) is 3.75. The molecule has 0 atom stereocenters. The van der Waals surface area contributed by atoms with E-state index in [9.17, 15) is 4.79 Å². The molecule has 2 nitrogen and oxygen atoms in total. The Bertz CT molecular complexity index is 719. The molecule has 0 amide bonds. The normalized spacial score (nSPS) is 10.0. The molecule has 0 aliphatic carbocycles. The predicted molar refractivity (Wildman–Crippen MR) is 67.2 cm³/mol. The Kier molecular flexibility index (Phi) is 3.78. The van der Waals surface area contributed by atoms with Gasteiger partial charge in [-0.3, -0.25) is 0 Å². The van der Waals surface area contributed by atoms with Crippen molar-refractivity contribution in [3.8, 4) is 5.69 Å². The van der Waals surface area contributed by atoms with Gasteiger partial charge in [0, 0.05) is 0 Å². The Morgan fingerprint density at radius 3 is 2.56 bits per heavy atom. The average molecular weight is 403 g/mol. The number of aromatic nitrogens is 1. The number of hydrogen-bond acceptors (Lipinski definition) is 1. The second kappa shape index (κ2) is 5.32. The van der Waals surface area contributed by atoms with Crippen LogP contribution in [0.1, 0.15) is 0 Å². The van der Waals surface area contributed by atoms with Gasteiger partial charge < -0.3 is 9.36 Å². The molecule has 0 bridgehead atoms. The Morgan fingerprint density at radius 1 is 1.00 bits per heavy atom. The van der Waals surface area contributed by atoms with Gasteiger partial charge in [-0.05, 0) is 5.39 Å². The molecule has 2 aromatic carbocycles. The van der Waals surface area contributed by atoms with Gasteiger partial charge in [0.2, 0.25) is 0 Å². The molecular formula is C15H9NOW. The van der Waals surface area contributed by atoms with Gasteiger partial charge in [-0.15, -0.1) is 6.07 Å². The van der Waals surface area contributed by atoms with E-state index in [0.29, 0.717) is 11.1 Å². The number of hydrogen-bond donors (Lipinski definition) is 0. The average Bonchev–Trinajstić information content (AvgIpc) is 2.40. The zero-order chi connectivity index (χ0) is 11.7. The Balaban J connectivity index is 0.00000120. The zero-order valence-electron chi connectivity index (χ0n) is 9.46. The fraction of sp³-hybridized carbons (Fsp3) is 0. The van der Waals surface area contributed by atoms with Crippen LogP contribution in [0.2, 0.25) is 0 Å². The molecule has 0 saturated carbocycles. The molecule has 0 radical (unpaired) electrons. The largest absolute Gasteiger partial charge is 2.00 e. The molecule has 0 saturated heterocycles. The van der Waals surface area contributed by atoms with Gasteiger partial charge >= 0.3 is 21.1 Å². The van der Waals surface area contributed by atoms with Gasteiger partial charge in [0.05, 0.1) is 0 Å². The number of para-hydroxylation sites is 1. The number of rotatable bonds is 1. The minimum Gasteiger partial charge on any atom is -0.426 e. The van der Waals surface area contributed by atoms with Crippen LogP contribution in [0.4, 0.5) is 0 Å². The van der Waals surface area contributed by atoms with Crippen molar-refractivity contribution in [1.82, 2.24) is 4.57 Å². The third kappa shape index (κ3) is 2.16. The van der Waals surface area contributed by atoms with Crippen LogP contribution in [0, 0.1) is 12.3 Å². The molecule has 0 aliphatic heterocycles. The minimum absolute atomic E-state index is 0. The summed E-state index contributed by atoms with van der Waals surface area (Å²) >= 11 is 0. The standard InChI is InChI=1S/C15H9NO.W/c17-15-14-9-5-4-6-12(14)10-11-16(15)13-7-2-1-3-8-13;/h1-7,9-10H;/q-2;+2. The van der Waals surface area contributed by atoms with Gasteiger partial charge in [0.15, 0.2) is 5.56 Å². The Labute approximate surface area is 119 Å². The zero-order valence-corrected chi connectivity index (χ0v) is 12.4. The summed E-state index contributed by atoms with van der Waals surface area (Å²) in [6.07, 6.45) is 2.97. The fourth-order valence-corrected chi connectivity index (χ4v) is 1.83. The van der Waals surface area contributed by atoms with Gasteiger partial charge in [-0.1, -0.05) is 35.8 Å². The molecule has 0 fully saturated rings. The van der Waals surface area contributed by atoms with Crippen LogP contribution in [-0.2, 0) is 21.1 Å². The molecular weight excluding hydrogens is 394 g/mol. The molecule has 1 heterocycles. The van der Waals surface area contributed by atoms with Crippen LogP contribution in [0.3, 0.4) is 0 Å². The van der Waals surface area contributed by atoms with Crippen molar-refractivity contribution in [1.29, 1.82) is 0 Å². The van der Waals surface area contributed by atoms with Gasteiger partial charge in [0.1, 0.15) is 0 Å². The second-order valence-electron chi connectivity index (χ2n) is 3.75. The van der Waals surface area contributed by atoms with Crippen molar-refractivity contribution < 1.29 is 21.1 Å². The number of pyridine rings is 1. The summed E-state index contributed by atoms with van der Waals surface area (Å²) in [5, 5.41) is 1.60. The molecule has 86 valence electrons. The first kappa shape index (κ1) is 12.8. The van der Waals surface area contributed by atoms with E-state index in [1.807, 2.05) is 48.5 Å². The van der Waals surface area contributed by atoms with E-state index in [4.69, 9.17) is 0 Å². The first-order valence-electron chi connectivity index (χ1n) is 5.36. The third-order valence-electron chi connectivity index (χ3n) is 2.68. The van der Waals surface area contributed by atoms with Crippen molar-refractivity contribution in [3.05, 3.63) is 77.2 Å². The summed E-state index contributed by atoms with van der Waals surface area (Å²) in [7, 11) is 0. The molecule has 0 N–H and O–H groups in total. The van der Waals surface area contributed by atoms with Crippen molar-refractivity contribution in [2.75, 3.05) is 0 Å². The summed E-state index contributed by atoms with van der Waals surface area (Å²) in [6, 6.07) is 19.7. The third-order valence-corrected chi connectivity index (χ3v) is 2.68. The van der Waals surface area contributed by atoms with Crippen LogP contribution in [0.25, 0.3) is 16.5 Å². The first-order valence-corrected chi connectivity index (χ1v) is 5.36. The summed E-state index contributed by atoms with van der Waals surface area (Å²) < 4.78 is 1.49. The van der Waals surface area contributed by atoms with Crippen LogP contribution in [0.15, 0.2) is 59.4 Å². The SMILES string of the molecule is O=c1c2ccccc2c[c-]n1-c1[c-]cccc1.[W+2]. The smallest absolute Gasteiger partial charge is 0.426 e. The van der Waals surface area contributed by atoms with Gasteiger partial charge in [-0.25, -0.2) is 6.07 Å². The monoisotopic (exact) mass is 403 g/mol. The van der Waals surface area contributed by atoms with Crippen LogP contribution in [-0.4, -0.2) is 4.57 Å². The fourth-order valence-electron chi connectivity index (χ4n) is 1.83. The van der Waals surface area contributed by atoms with E-state index >= 15 is 0 Å². The first-order chi connectivity index (χ1) is 8.36. The minimum atomic E-state index is -0.0643. The van der Waals surface area contributed by atoms with Gasteiger partial charge in [-0.2, -0.15) is 30.0 Å². The maximum absolute atomic E-state index is 12.2. The van der Waals surface area contributed by atoms with Crippen LogP contribution >= 0.6 is 0 Å². The van der Waals surface area contributed by atoms with E-state index in [2.05, 4.69) is 12.3 Å². The molecule has 0 spiro atoms. The molecule has 0 aliphatic rings. The van der Waals surface area contributed by atoms with E-state index < -0.39 is 0 Å². The molecule has 3 rings (SSSR count). The van der Waals surface area contributed by atoms with Crippen molar-refractivity contribution in [2.45, 2.75) is 0 Å². The summed E-state index contributed by atoms with van der Waals surface area (Å²) in [6.45, 7) is 0. The number of benzene rings is 2. The predicted octanol–water partition coefficient (Wildman–Crippen LogP) is 2.59. The summed E-state index contributed by atoms with van der Waals surface area (Å²) in [4.78, 5) is 12.2. The van der Waals surface area contributed by atoms with Crippen molar-refractivity contribution in [3.63, 3.8) is 0 Å².